The Kier molecular flexibility index (Phi) is 3.89. The molecule has 26 heavy (non-hydrogen) atoms. The highest BCUT2D eigenvalue weighted by Gasteiger charge is 2.38. The summed E-state index contributed by atoms with van der Waals surface area (Å²) in [6.07, 6.45) is -4.76. The zero-order valence-corrected chi connectivity index (χ0v) is 15.3. The lowest BCUT2D eigenvalue weighted by atomic mass is 10.0. The van der Waals surface area contributed by atoms with E-state index in [0.29, 0.717) is 21.6 Å². The van der Waals surface area contributed by atoms with E-state index >= 15 is 0 Å². The van der Waals surface area contributed by atoms with Crippen molar-refractivity contribution in [3.05, 3.63) is 57.5 Å². The monoisotopic (exact) mass is 439 g/mol. The minimum atomic E-state index is -4.76. The summed E-state index contributed by atoms with van der Waals surface area (Å²) < 4.78 is 40.6. The minimum absolute atomic E-state index is 0.183. The molecule has 0 aliphatic heterocycles. The van der Waals surface area contributed by atoms with Crippen molar-refractivity contribution in [3.63, 3.8) is 0 Å². The van der Waals surface area contributed by atoms with E-state index in [1.165, 1.54) is 0 Å². The van der Waals surface area contributed by atoms with Crippen molar-refractivity contribution >= 4 is 55.0 Å². The van der Waals surface area contributed by atoms with E-state index in [9.17, 15) is 13.2 Å². The molecular formula is C18H10BrClF3N3. The molecule has 0 amide bonds. The summed E-state index contributed by atoms with van der Waals surface area (Å²) in [5.41, 5.74) is 0.352. The number of alkyl halides is 3. The van der Waals surface area contributed by atoms with Crippen molar-refractivity contribution in [2.45, 2.75) is 6.18 Å². The molecular weight excluding hydrogens is 431 g/mol. The van der Waals surface area contributed by atoms with E-state index < -0.39 is 11.9 Å². The van der Waals surface area contributed by atoms with Gasteiger partial charge in [-0.05, 0) is 36.4 Å². The smallest absolute Gasteiger partial charge is 0.353 e. The SMILES string of the molecule is N=C(c1c(-c2cc3cc(Cl)ccc3[nH]2)[nH]c2cc(Br)ccc12)C(F)(F)F. The number of H-pyrrole nitrogens is 2. The molecule has 4 aromatic rings. The van der Waals surface area contributed by atoms with Crippen LogP contribution in [0.5, 0.6) is 0 Å². The number of rotatable bonds is 2. The maximum atomic E-state index is 13.3. The van der Waals surface area contributed by atoms with Crippen molar-refractivity contribution in [1.82, 2.24) is 9.97 Å². The molecule has 3 N–H and O–H groups in total. The van der Waals surface area contributed by atoms with Crippen LogP contribution in [0.4, 0.5) is 13.2 Å². The number of aromatic amines is 2. The molecule has 0 aliphatic carbocycles. The molecule has 0 aliphatic rings. The van der Waals surface area contributed by atoms with Crippen LogP contribution < -0.4 is 0 Å². The van der Waals surface area contributed by atoms with Crippen LogP contribution in [-0.2, 0) is 0 Å². The standard InChI is InChI=1S/C18H10BrClF3N3/c19-9-1-3-11-13(7-9)26-16(15(11)17(24)18(21,22)23)14-6-8-5-10(20)2-4-12(8)25-14/h1-7,24-26H. The van der Waals surface area contributed by atoms with Gasteiger partial charge in [0.15, 0.2) is 0 Å². The fourth-order valence-corrected chi connectivity index (χ4v) is 3.55. The Labute approximate surface area is 158 Å². The van der Waals surface area contributed by atoms with Gasteiger partial charge in [0.1, 0.15) is 5.71 Å². The topological polar surface area (TPSA) is 55.4 Å². The third-order valence-corrected chi connectivity index (χ3v) is 4.87. The number of halogens is 5. The lowest BCUT2D eigenvalue weighted by molar-refractivity contribution is -0.0586. The first-order valence-corrected chi connectivity index (χ1v) is 8.67. The summed E-state index contributed by atoms with van der Waals surface area (Å²) >= 11 is 9.30. The zero-order valence-electron chi connectivity index (χ0n) is 12.9. The van der Waals surface area contributed by atoms with Gasteiger partial charge in [0.05, 0.1) is 11.4 Å². The van der Waals surface area contributed by atoms with Gasteiger partial charge in [-0.25, -0.2) is 0 Å². The Morgan fingerprint density at radius 1 is 1.00 bits per heavy atom. The largest absolute Gasteiger partial charge is 0.433 e. The second-order valence-corrected chi connectivity index (χ2v) is 7.20. The summed E-state index contributed by atoms with van der Waals surface area (Å²) in [4.78, 5) is 6.11. The van der Waals surface area contributed by atoms with Gasteiger partial charge >= 0.3 is 6.18 Å². The van der Waals surface area contributed by atoms with E-state index in [1.54, 1.807) is 42.5 Å². The summed E-state index contributed by atoms with van der Waals surface area (Å²) in [5, 5.41) is 9.35. The normalized spacial score (nSPS) is 12.2. The number of fused-ring (bicyclic) bond motifs is 2. The second-order valence-electron chi connectivity index (χ2n) is 5.85. The first-order valence-electron chi connectivity index (χ1n) is 7.50. The Morgan fingerprint density at radius 3 is 2.50 bits per heavy atom. The molecule has 132 valence electrons. The summed E-state index contributed by atoms with van der Waals surface area (Å²) in [7, 11) is 0. The molecule has 2 heterocycles. The lowest BCUT2D eigenvalue weighted by Gasteiger charge is -2.09. The molecule has 0 atom stereocenters. The molecule has 0 fully saturated rings. The van der Waals surface area contributed by atoms with Gasteiger partial charge in [-0.15, -0.1) is 0 Å². The van der Waals surface area contributed by atoms with E-state index in [1.807, 2.05) is 0 Å². The van der Waals surface area contributed by atoms with Crippen LogP contribution in [0.1, 0.15) is 5.56 Å². The average Bonchev–Trinajstić information content (AvgIpc) is 3.13. The third kappa shape index (κ3) is 2.81. The maximum Gasteiger partial charge on any atom is 0.433 e. The number of hydrogen-bond acceptors (Lipinski definition) is 1. The highest BCUT2D eigenvalue weighted by atomic mass is 79.9. The van der Waals surface area contributed by atoms with Gasteiger partial charge in [0.2, 0.25) is 0 Å². The molecule has 0 bridgehead atoms. The molecule has 0 saturated heterocycles. The van der Waals surface area contributed by atoms with Crippen molar-refractivity contribution in [2.75, 3.05) is 0 Å². The Bertz CT molecular complexity index is 1170. The highest BCUT2D eigenvalue weighted by Crippen LogP contribution is 2.37. The van der Waals surface area contributed by atoms with Crippen LogP contribution in [-0.4, -0.2) is 21.9 Å². The van der Waals surface area contributed by atoms with E-state index in [2.05, 4.69) is 25.9 Å². The second kappa shape index (κ2) is 5.89. The van der Waals surface area contributed by atoms with Gasteiger partial charge in [0.25, 0.3) is 0 Å². The fourth-order valence-electron chi connectivity index (χ4n) is 3.01. The molecule has 0 spiro atoms. The van der Waals surface area contributed by atoms with E-state index in [0.717, 1.165) is 15.4 Å². The zero-order chi connectivity index (χ0) is 18.6. The number of nitrogens with one attached hydrogen (secondary N) is 3. The van der Waals surface area contributed by atoms with Crippen molar-refractivity contribution in [2.24, 2.45) is 0 Å². The summed E-state index contributed by atoms with van der Waals surface area (Å²) in [5.74, 6) is 0. The fraction of sp³-hybridized carbons (Fsp3) is 0.0556. The van der Waals surface area contributed by atoms with Crippen molar-refractivity contribution in [3.8, 4) is 11.4 Å². The summed E-state index contributed by atoms with van der Waals surface area (Å²) in [6.45, 7) is 0. The van der Waals surface area contributed by atoms with Crippen LogP contribution in [0.2, 0.25) is 5.02 Å². The quantitative estimate of drug-likeness (QED) is 0.292. The summed E-state index contributed by atoms with van der Waals surface area (Å²) in [6, 6.07) is 11.8. The lowest BCUT2D eigenvalue weighted by Crippen LogP contribution is -2.23. The number of aromatic nitrogens is 2. The Balaban J connectivity index is 2.02. The molecule has 2 aromatic carbocycles. The Hall–Kier alpha value is -2.25. The predicted molar refractivity (Wildman–Crippen MR) is 101 cm³/mol. The Morgan fingerprint density at radius 2 is 1.77 bits per heavy atom. The van der Waals surface area contributed by atoms with Crippen LogP contribution >= 0.6 is 27.5 Å². The average molecular weight is 441 g/mol. The van der Waals surface area contributed by atoms with Crippen molar-refractivity contribution in [1.29, 1.82) is 5.41 Å². The number of hydrogen-bond donors (Lipinski definition) is 3. The van der Waals surface area contributed by atoms with Gasteiger partial charge < -0.3 is 9.97 Å². The molecule has 8 heteroatoms. The number of benzene rings is 2. The molecule has 0 saturated carbocycles. The van der Waals surface area contributed by atoms with Crippen LogP contribution in [0.15, 0.2) is 46.9 Å². The molecule has 2 aromatic heterocycles. The van der Waals surface area contributed by atoms with Crippen molar-refractivity contribution < 1.29 is 13.2 Å². The van der Waals surface area contributed by atoms with Crippen LogP contribution in [0.25, 0.3) is 33.2 Å². The molecule has 0 radical (unpaired) electrons. The van der Waals surface area contributed by atoms with Crippen LogP contribution in [0.3, 0.4) is 0 Å². The molecule has 3 nitrogen and oxygen atoms in total. The predicted octanol–water partition coefficient (Wildman–Crippen LogP) is 6.66. The van der Waals surface area contributed by atoms with E-state index in [-0.39, 0.29) is 11.3 Å². The molecule has 4 rings (SSSR count). The van der Waals surface area contributed by atoms with Gasteiger partial charge in [-0.2, -0.15) is 13.2 Å². The van der Waals surface area contributed by atoms with Gasteiger partial charge in [0, 0.05) is 36.9 Å². The molecule has 0 unspecified atom stereocenters. The first-order chi connectivity index (χ1) is 12.2. The van der Waals surface area contributed by atoms with Crippen LogP contribution in [0, 0.1) is 5.41 Å². The first kappa shape index (κ1) is 17.2. The maximum absolute atomic E-state index is 13.3. The van der Waals surface area contributed by atoms with Gasteiger partial charge in [-0.3, -0.25) is 5.41 Å². The minimum Gasteiger partial charge on any atom is -0.353 e. The van der Waals surface area contributed by atoms with E-state index in [4.69, 9.17) is 17.0 Å². The third-order valence-electron chi connectivity index (χ3n) is 4.15. The van der Waals surface area contributed by atoms with Gasteiger partial charge in [-0.1, -0.05) is 33.6 Å². The highest BCUT2D eigenvalue weighted by molar-refractivity contribution is 9.10.